The van der Waals surface area contributed by atoms with E-state index in [1.54, 1.807) is 45.3 Å². The average Bonchev–Trinajstić information content (AvgIpc) is 1.55. The van der Waals surface area contributed by atoms with Crippen molar-refractivity contribution in [1.82, 2.24) is 0 Å². The standard InChI is InChI=1S/C28H22N4S4.C26H18N4S4.C20H18N4S2/c1-11-5-7-17(33-11)19-9-15-25(31-29)21-14(4)24-22(13(3)23(21)27(15)35-19)26(32-30)16-10-20(36-28(16)24)18-8-6-12(2)34-18;1-11-3-5-19(31-11)21-9-17-23(29-27)13-8-16-14(7-15(13)25(17)33-21)24(30-28)18-10-22(34-26(16)18)20-6-4-12(2)32-20;1-7-5-11-17(23-21)13-10(4)16-14(9(3)15(13)19(11)25-7)18(24-22)12-6-8(2)26-20(12)16/h5-10H,29-30H2,1-4H3;3-10H,27-28H2,1-2H3;5-6H,21-22H2,1-4H3/b31-25+,32-26+;29-23-,30-24-;23-17+,24-18+. The molecule has 22 heteroatoms. The first-order chi connectivity index (χ1) is 46.4. The van der Waals surface area contributed by atoms with Crippen LogP contribution < -0.4 is 67.2 Å². The van der Waals surface area contributed by atoms with Crippen LogP contribution in [0.2, 0.25) is 0 Å². The van der Waals surface area contributed by atoms with Gasteiger partial charge in [-0.2, -0.15) is 30.6 Å². The van der Waals surface area contributed by atoms with E-state index in [0.29, 0.717) is 0 Å². The molecule has 19 aromatic rings. The van der Waals surface area contributed by atoms with Crippen molar-refractivity contribution in [2.24, 2.45) is 65.7 Å². The number of hydrogen-bond donors (Lipinski definition) is 6. The first kappa shape index (κ1) is 61.1. The maximum atomic E-state index is 6.07. The molecule has 12 nitrogen and oxygen atoms in total. The molecule has 0 radical (unpaired) electrons. The van der Waals surface area contributed by atoms with E-state index in [9.17, 15) is 0 Å². The Morgan fingerprint density at radius 3 is 0.688 bits per heavy atom. The Morgan fingerprint density at radius 2 is 0.438 bits per heavy atom. The summed E-state index contributed by atoms with van der Waals surface area (Å²) < 4.78 is 7.41. The normalized spacial score (nSPS) is 13.7. The van der Waals surface area contributed by atoms with Gasteiger partial charge < -0.3 is 35.1 Å². The van der Waals surface area contributed by atoms with Crippen LogP contribution in [-0.2, 0) is 0 Å². The molecule has 96 heavy (non-hydrogen) atoms. The Morgan fingerprint density at radius 1 is 0.198 bits per heavy atom. The van der Waals surface area contributed by atoms with Gasteiger partial charge in [-0.15, -0.1) is 113 Å². The van der Waals surface area contributed by atoms with Crippen molar-refractivity contribution in [1.29, 1.82) is 0 Å². The zero-order valence-electron chi connectivity index (χ0n) is 53.5. The van der Waals surface area contributed by atoms with E-state index >= 15 is 0 Å². The van der Waals surface area contributed by atoms with Gasteiger partial charge in [0.05, 0.1) is 32.1 Å². The fourth-order valence-electron chi connectivity index (χ4n) is 14.9. The monoisotopic (exact) mass is 1430 g/mol. The molecular weight excluding hydrogens is 1380 g/mol. The van der Waals surface area contributed by atoms with Crippen LogP contribution in [0.1, 0.15) is 51.5 Å². The molecule has 19 rings (SSSR count). The van der Waals surface area contributed by atoms with Crippen LogP contribution in [-0.4, -0.2) is 0 Å². The summed E-state index contributed by atoms with van der Waals surface area (Å²) in [6, 6.07) is 35.3. The second-order valence-electron chi connectivity index (χ2n) is 24.6. The molecule has 0 saturated carbocycles. The lowest BCUT2D eigenvalue weighted by Crippen LogP contribution is -2.07. The van der Waals surface area contributed by atoms with E-state index < -0.39 is 0 Å². The molecule has 0 aliphatic rings. The second kappa shape index (κ2) is 22.5. The van der Waals surface area contributed by atoms with E-state index in [4.69, 9.17) is 35.1 Å². The molecule has 0 bridgehead atoms. The summed E-state index contributed by atoms with van der Waals surface area (Å²) >= 11 is 18.1. The number of aryl methyl sites for hydroxylation is 10. The van der Waals surface area contributed by atoms with Crippen LogP contribution in [0.5, 0.6) is 0 Å². The Labute approximate surface area is 587 Å². The Hall–Kier alpha value is -8.52. The van der Waals surface area contributed by atoms with E-state index in [1.165, 1.54) is 151 Å². The van der Waals surface area contributed by atoms with Crippen LogP contribution in [0.15, 0.2) is 128 Å². The molecule has 12 N–H and O–H groups in total. The first-order valence-corrected chi connectivity index (χ1v) is 38.9. The summed E-state index contributed by atoms with van der Waals surface area (Å²) in [6.07, 6.45) is 0. The molecule has 0 atom stereocenters. The van der Waals surface area contributed by atoms with Gasteiger partial charge in [0.2, 0.25) is 0 Å². The maximum Gasteiger partial charge on any atom is 0.0995 e. The molecule has 10 heterocycles. The molecule has 0 saturated heterocycles. The van der Waals surface area contributed by atoms with E-state index in [-0.39, 0.29) is 0 Å². The Bertz CT molecular complexity index is 6520. The zero-order chi connectivity index (χ0) is 66.3. The number of nitrogens with zero attached hydrogens (tertiary/aromatic N) is 6. The minimum absolute atomic E-state index is 0.855. The van der Waals surface area contributed by atoms with Crippen molar-refractivity contribution in [2.75, 3.05) is 0 Å². The van der Waals surface area contributed by atoms with Gasteiger partial charge in [0, 0.05) is 193 Å². The quantitative estimate of drug-likeness (QED) is 0.0741. The van der Waals surface area contributed by atoms with E-state index in [2.05, 4.69) is 197 Å². The van der Waals surface area contributed by atoms with Gasteiger partial charge in [-0.25, -0.2) is 0 Å². The number of thiophene rings is 10. The molecule has 9 aromatic carbocycles. The van der Waals surface area contributed by atoms with Gasteiger partial charge in [-0.1, -0.05) is 0 Å². The summed E-state index contributed by atoms with van der Waals surface area (Å²) in [5.74, 6) is 35.7. The van der Waals surface area contributed by atoms with Crippen molar-refractivity contribution in [3.8, 4) is 39.0 Å². The summed E-state index contributed by atoms with van der Waals surface area (Å²) in [4.78, 5) is 17.9. The van der Waals surface area contributed by atoms with Crippen molar-refractivity contribution in [3.63, 3.8) is 0 Å². The van der Waals surface area contributed by atoms with Gasteiger partial charge in [-0.3, -0.25) is 0 Å². The Balaban J connectivity index is 0.000000110. The molecule has 0 aliphatic carbocycles. The van der Waals surface area contributed by atoms with Gasteiger partial charge in [0.15, 0.2) is 0 Å². The third-order valence-corrected chi connectivity index (χ3v) is 30.5. The largest absolute Gasteiger partial charge is 0.323 e. The fourth-order valence-corrected chi connectivity index (χ4v) is 25.8. The molecule has 0 aliphatic heterocycles. The van der Waals surface area contributed by atoms with Gasteiger partial charge in [0.1, 0.15) is 0 Å². The third kappa shape index (κ3) is 8.79. The molecular formula is C74H58N12S10. The van der Waals surface area contributed by atoms with Crippen LogP contribution in [0.3, 0.4) is 0 Å². The minimum Gasteiger partial charge on any atom is -0.323 e. The summed E-state index contributed by atoms with van der Waals surface area (Å²) in [5, 5.41) is 51.6. The first-order valence-electron chi connectivity index (χ1n) is 30.7. The Kier molecular flexibility index (Phi) is 14.3. The van der Waals surface area contributed by atoms with Crippen molar-refractivity contribution < 1.29 is 0 Å². The lowest BCUT2D eigenvalue weighted by atomic mass is 9.98. The average molecular weight is 1440 g/mol. The van der Waals surface area contributed by atoms with Gasteiger partial charge >= 0.3 is 0 Å². The summed E-state index contributed by atoms with van der Waals surface area (Å²) in [5.41, 5.74) is 4.82. The van der Waals surface area contributed by atoms with E-state index in [1.807, 2.05) is 68.0 Å². The van der Waals surface area contributed by atoms with E-state index in [0.717, 1.165) is 96.8 Å². The number of rotatable bonds is 4. The number of fused-ring (bicyclic) bond motifs is 18. The molecule has 10 aromatic heterocycles. The second-order valence-corrected chi connectivity index (χ2v) is 36.4. The predicted molar refractivity (Wildman–Crippen MR) is 423 cm³/mol. The minimum atomic E-state index is 0.855. The van der Waals surface area contributed by atoms with Crippen LogP contribution >= 0.6 is 113 Å². The van der Waals surface area contributed by atoms with Crippen molar-refractivity contribution in [3.05, 3.63) is 181 Å². The van der Waals surface area contributed by atoms with Crippen LogP contribution in [0, 0.1) is 69.2 Å². The molecule has 0 amide bonds. The fraction of sp³-hybridized carbons (Fsp3) is 0.135. The smallest absolute Gasteiger partial charge is 0.0995 e. The predicted octanol–water partition coefficient (Wildman–Crippen LogP) is 18.5. The van der Waals surface area contributed by atoms with Crippen molar-refractivity contribution in [2.45, 2.75) is 69.2 Å². The van der Waals surface area contributed by atoms with Gasteiger partial charge in [0.25, 0.3) is 0 Å². The SMILES string of the molecule is Cc1cc2/c(=N\N)c3c(C)c4c(c(C)c3c2s1)/c(=N/N)c1cc(C)sc14.Cc1ccc(-c2cc3/c(=N\N)c4c(C)c5c(c(C)c4c3s2)/c(=N/N)c2cc(-c3ccc(C)s3)sc25)s1.Cc1ccc(-c2cc3/c(=N\N)c4cc5c(cc4c3s2)/c(=N/N)c2cc(-c3ccc(C)s3)sc25)s1. The lowest BCUT2D eigenvalue weighted by Gasteiger charge is -2.07. The van der Waals surface area contributed by atoms with Gasteiger partial charge in [-0.05, 0) is 189 Å². The summed E-state index contributed by atoms with van der Waals surface area (Å²) in [6.45, 7) is 21.5. The van der Waals surface area contributed by atoms with Crippen molar-refractivity contribution >= 4 is 239 Å². The molecule has 0 fully saturated rings. The molecule has 474 valence electrons. The zero-order valence-corrected chi connectivity index (χ0v) is 61.6. The lowest BCUT2D eigenvalue weighted by molar-refractivity contribution is 1.17. The number of hydrogen-bond acceptors (Lipinski definition) is 22. The van der Waals surface area contributed by atoms with Crippen LogP contribution in [0.25, 0.3) is 164 Å². The highest BCUT2D eigenvalue weighted by molar-refractivity contribution is 7.29. The summed E-state index contributed by atoms with van der Waals surface area (Å²) in [7, 11) is 0. The number of nitrogens with two attached hydrogens (primary N) is 6. The maximum absolute atomic E-state index is 6.07. The highest BCUT2D eigenvalue weighted by Gasteiger charge is 2.28. The highest BCUT2D eigenvalue weighted by atomic mass is 32.1. The molecule has 0 unspecified atom stereocenters. The third-order valence-electron chi connectivity index (χ3n) is 18.9. The highest BCUT2D eigenvalue weighted by Crippen LogP contribution is 2.49. The topological polar surface area (TPSA) is 230 Å². The molecule has 0 spiro atoms. The number of benzene rings is 3. The van der Waals surface area contributed by atoms with Crippen LogP contribution in [0.4, 0.5) is 0 Å².